The Labute approximate surface area is 116 Å². The molecule has 0 saturated carbocycles. The van der Waals surface area contributed by atoms with Gasteiger partial charge in [0.25, 0.3) is 0 Å². The van der Waals surface area contributed by atoms with Crippen LogP contribution in [-0.4, -0.2) is 17.5 Å². The fourth-order valence-electron chi connectivity index (χ4n) is 2.42. The summed E-state index contributed by atoms with van der Waals surface area (Å²) in [5, 5.41) is 3.66. The first-order chi connectivity index (χ1) is 8.88. The number of unbranched alkanes of at least 4 members (excludes halogenated alkanes) is 2. The zero-order valence-electron chi connectivity index (χ0n) is 11.5. The van der Waals surface area contributed by atoms with Crippen LogP contribution in [0.3, 0.4) is 0 Å². The first-order valence-corrected chi connectivity index (χ1v) is 8.47. The van der Waals surface area contributed by atoms with E-state index in [9.17, 15) is 0 Å². The molecule has 1 aliphatic heterocycles. The highest BCUT2D eigenvalue weighted by Gasteiger charge is 2.12. The summed E-state index contributed by atoms with van der Waals surface area (Å²) >= 11 is 2.08. The van der Waals surface area contributed by atoms with Crippen LogP contribution < -0.4 is 5.32 Å². The first kappa shape index (κ1) is 13.8. The number of hydrogen-bond donors (Lipinski definition) is 1. The minimum atomic E-state index is 0.692. The van der Waals surface area contributed by atoms with E-state index in [0.29, 0.717) is 6.04 Å². The Kier molecular flexibility index (Phi) is 5.92. The van der Waals surface area contributed by atoms with E-state index in [2.05, 4.69) is 48.3 Å². The van der Waals surface area contributed by atoms with Gasteiger partial charge in [-0.1, -0.05) is 31.9 Å². The fraction of sp³-hybridized carbons (Fsp3) is 0.625. The van der Waals surface area contributed by atoms with Crippen molar-refractivity contribution < 1.29 is 0 Å². The summed E-state index contributed by atoms with van der Waals surface area (Å²) in [6.07, 6.45) is 7.82. The molecule has 1 aliphatic rings. The molecule has 0 aromatic heterocycles. The van der Waals surface area contributed by atoms with Crippen LogP contribution in [0.4, 0.5) is 5.69 Å². The largest absolute Gasteiger partial charge is 0.382 e. The molecule has 1 heterocycles. The summed E-state index contributed by atoms with van der Waals surface area (Å²) in [5.41, 5.74) is 2.78. The quantitative estimate of drug-likeness (QED) is 0.745. The van der Waals surface area contributed by atoms with E-state index >= 15 is 0 Å². The van der Waals surface area contributed by atoms with Crippen LogP contribution in [0.5, 0.6) is 0 Å². The van der Waals surface area contributed by atoms with E-state index in [0.717, 1.165) is 0 Å². The molecule has 0 bridgehead atoms. The van der Waals surface area contributed by atoms with E-state index in [4.69, 9.17) is 0 Å². The summed E-state index contributed by atoms with van der Waals surface area (Å²) in [4.78, 5) is 0. The van der Waals surface area contributed by atoms with Gasteiger partial charge in [-0.15, -0.1) is 0 Å². The molecule has 0 unspecified atom stereocenters. The molecule has 0 amide bonds. The topological polar surface area (TPSA) is 12.0 Å². The van der Waals surface area contributed by atoms with E-state index in [1.165, 1.54) is 61.3 Å². The van der Waals surface area contributed by atoms with Crippen molar-refractivity contribution in [1.82, 2.24) is 0 Å². The molecule has 0 radical (unpaired) electrons. The summed E-state index contributed by atoms with van der Waals surface area (Å²) in [6, 6.07) is 9.77. The van der Waals surface area contributed by atoms with Crippen LogP contribution in [0.1, 0.15) is 44.6 Å². The molecule has 18 heavy (non-hydrogen) atoms. The van der Waals surface area contributed by atoms with Crippen LogP contribution in [0, 0.1) is 0 Å². The summed E-state index contributed by atoms with van der Waals surface area (Å²) in [5.74, 6) is 2.62. The molecule has 0 spiro atoms. The number of thioether (sulfide) groups is 1. The SMILES string of the molecule is CCCCCc1ccc(NC2CCSCC2)cc1. The van der Waals surface area contributed by atoms with E-state index in [1.54, 1.807) is 0 Å². The van der Waals surface area contributed by atoms with Gasteiger partial charge >= 0.3 is 0 Å². The lowest BCUT2D eigenvalue weighted by molar-refractivity contribution is 0.667. The summed E-state index contributed by atoms with van der Waals surface area (Å²) < 4.78 is 0. The smallest absolute Gasteiger partial charge is 0.0342 e. The highest BCUT2D eigenvalue weighted by Crippen LogP contribution is 2.21. The number of nitrogens with one attached hydrogen (secondary N) is 1. The third-order valence-electron chi connectivity index (χ3n) is 3.62. The van der Waals surface area contributed by atoms with E-state index < -0.39 is 0 Å². The number of rotatable bonds is 6. The Hall–Kier alpha value is -0.630. The van der Waals surface area contributed by atoms with Crippen molar-refractivity contribution in [2.75, 3.05) is 16.8 Å². The third-order valence-corrected chi connectivity index (χ3v) is 4.66. The van der Waals surface area contributed by atoms with Crippen LogP contribution >= 0.6 is 11.8 Å². The normalized spacial score (nSPS) is 16.7. The highest BCUT2D eigenvalue weighted by molar-refractivity contribution is 7.99. The Balaban J connectivity index is 1.79. The van der Waals surface area contributed by atoms with Gasteiger partial charge in [-0.3, -0.25) is 0 Å². The molecule has 0 aliphatic carbocycles. The van der Waals surface area contributed by atoms with Crippen LogP contribution in [-0.2, 0) is 6.42 Å². The molecule has 1 N–H and O–H groups in total. The molecular weight excluding hydrogens is 238 g/mol. The Morgan fingerprint density at radius 3 is 2.50 bits per heavy atom. The minimum Gasteiger partial charge on any atom is -0.382 e. The molecule has 0 atom stereocenters. The zero-order valence-corrected chi connectivity index (χ0v) is 12.3. The number of benzene rings is 1. The maximum Gasteiger partial charge on any atom is 0.0342 e. The molecule has 1 aromatic rings. The molecule has 2 rings (SSSR count). The van der Waals surface area contributed by atoms with Crippen molar-refractivity contribution in [3.05, 3.63) is 29.8 Å². The van der Waals surface area contributed by atoms with Gasteiger partial charge in [-0.25, -0.2) is 0 Å². The fourth-order valence-corrected chi connectivity index (χ4v) is 3.53. The average molecular weight is 263 g/mol. The van der Waals surface area contributed by atoms with Gasteiger partial charge in [0.05, 0.1) is 0 Å². The maximum absolute atomic E-state index is 3.66. The lowest BCUT2D eigenvalue weighted by atomic mass is 10.1. The van der Waals surface area contributed by atoms with Gasteiger partial charge in [0.15, 0.2) is 0 Å². The second kappa shape index (κ2) is 7.73. The van der Waals surface area contributed by atoms with Crippen LogP contribution in [0.15, 0.2) is 24.3 Å². The Morgan fingerprint density at radius 2 is 1.83 bits per heavy atom. The predicted molar refractivity (Wildman–Crippen MR) is 83.6 cm³/mol. The molecule has 1 nitrogen and oxygen atoms in total. The summed E-state index contributed by atoms with van der Waals surface area (Å²) in [6.45, 7) is 2.26. The Morgan fingerprint density at radius 1 is 1.11 bits per heavy atom. The number of hydrogen-bond acceptors (Lipinski definition) is 2. The Bertz CT molecular complexity index is 327. The van der Waals surface area contributed by atoms with Gasteiger partial charge in [0.1, 0.15) is 0 Å². The van der Waals surface area contributed by atoms with Crippen LogP contribution in [0.2, 0.25) is 0 Å². The molecule has 1 aromatic carbocycles. The second-order valence-corrected chi connectivity index (χ2v) is 6.41. The van der Waals surface area contributed by atoms with E-state index in [1.807, 2.05) is 0 Å². The van der Waals surface area contributed by atoms with Gasteiger partial charge in [0.2, 0.25) is 0 Å². The lowest BCUT2D eigenvalue weighted by Crippen LogP contribution is -2.24. The average Bonchev–Trinajstić information content (AvgIpc) is 2.42. The van der Waals surface area contributed by atoms with Crippen molar-refractivity contribution in [3.8, 4) is 0 Å². The molecule has 1 saturated heterocycles. The first-order valence-electron chi connectivity index (χ1n) is 7.31. The van der Waals surface area contributed by atoms with E-state index in [-0.39, 0.29) is 0 Å². The lowest BCUT2D eigenvalue weighted by Gasteiger charge is -2.23. The highest BCUT2D eigenvalue weighted by atomic mass is 32.2. The molecule has 1 fully saturated rings. The monoisotopic (exact) mass is 263 g/mol. The maximum atomic E-state index is 3.66. The minimum absolute atomic E-state index is 0.692. The van der Waals surface area contributed by atoms with Crippen molar-refractivity contribution in [2.24, 2.45) is 0 Å². The zero-order chi connectivity index (χ0) is 12.6. The van der Waals surface area contributed by atoms with Crippen molar-refractivity contribution in [2.45, 2.75) is 51.5 Å². The molecule has 2 heteroatoms. The third kappa shape index (κ3) is 4.56. The predicted octanol–water partition coefficient (Wildman–Crippen LogP) is 4.73. The van der Waals surface area contributed by atoms with Crippen molar-refractivity contribution in [1.29, 1.82) is 0 Å². The van der Waals surface area contributed by atoms with Crippen LogP contribution in [0.25, 0.3) is 0 Å². The van der Waals surface area contributed by atoms with Crippen molar-refractivity contribution >= 4 is 17.4 Å². The standard InChI is InChI=1S/C16H25NS/c1-2-3-4-5-14-6-8-15(9-7-14)17-16-10-12-18-13-11-16/h6-9,16-17H,2-5,10-13H2,1H3. The van der Waals surface area contributed by atoms with Crippen molar-refractivity contribution in [3.63, 3.8) is 0 Å². The molecule has 100 valence electrons. The van der Waals surface area contributed by atoms with Gasteiger partial charge in [-0.2, -0.15) is 11.8 Å². The van der Waals surface area contributed by atoms with Gasteiger partial charge in [0, 0.05) is 11.7 Å². The second-order valence-electron chi connectivity index (χ2n) is 5.19. The number of aryl methyl sites for hydroxylation is 1. The number of anilines is 1. The van der Waals surface area contributed by atoms with Gasteiger partial charge < -0.3 is 5.32 Å². The summed E-state index contributed by atoms with van der Waals surface area (Å²) in [7, 11) is 0. The van der Waals surface area contributed by atoms with Gasteiger partial charge in [-0.05, 0) is 54.9 Å². The molecular formula is C16H25NS.